The summed E-state index contributed by atoms with van der Waals surface area (Å²) in [6.07, 6.45) is 70.3. The zero-order valence-corrected chi connectivity index (χ0v) is 52.7. The molecule has 11 nitrogen and oxygen atoms in total. The molecule has 0 aliphatic heterocycles. The van der Waals surface area contributed by atoms with E-state index in [2.05, 4.69) is 81.5 Å². The average Bonchev–Trinajstić information content (AvgIpc) is 3.45. The van der Waals surface area contributed by atoms with Gasteiger partial charge in [-0.2, -0.15) is 0 Å². The van der Waals surface area contributed by atoms with Crippen molar-refractivity contribution >= 4 is 25.7 Å². The van der Waals surface area contributed by atoms with Crippen molar-refractivity contribution in [2.75, 3.05) is 26.4 Å². The molecule has 0 amide bonds. The molecule has 0 aliphatic carbocycles. The first kappa shape index (κ1) is 77.2. The van der Waals surface area contributed by atoms with E-state index in [1.165, 1.54) is 161 Å². The molecular formula is C68H123O11P. The molecule has 0 aromatic heterocycles. The molecule has 0 aromatic carbocycles. The topological polar surface area (TPSA) is 155 Å². The van der Waals surface area contributed by atoms with Crippen LogP contribution in [-0.4, -0.2) is 66.5 Å². The van der Waals surface area contributed by atoms with E-state index in [1.807, 2.05) is 0 Å². The summed E-state index contributed by atoms with van der Waals surface area (Å²) < 4.78 is 39.7. The van der Waals surface area contributed by atoms with E-state index < -0.39 is 57.8 Å². The van der Waals surface area contributed by atoms with Gasteiger partial charge >= 0.3 is 25.7 Å². The van der Waals surface area contributed by atoms with Crippen LogP contribution in [0.1, 0.15) is 316 Å². The SMILES string of the molecule is CC/C=C\C/C=C\C/C=C\C/C=C\CCCCCCC(=O)OC(COC(=O)CCCCCCCCCCCCCCCCCCCCC)COP(=O)(O)OCC(CO)OC(=O)CCCCCCCCC/C=C\CCCCCCCC. The number of esters is 3. The summed E-state index contributed by atoms with van der Waals surface area (Å²) in [7, 11) is -4.76. The highest BCUT2D eigenvalue weighted by Crippen LogP contribution is 2.43. The summed E-state index contributed by atoms with van der Waals surface area (Å²) >= 11 is 0. The lowest BCUT2D eigenvalue weighted by Crippen LogP contribution is -2.30. The van der Waals surface area contributed by atoms with Gasteiger partial charge < -0.3 is 24.2 Å². The van der Waals surface area contributed by atoms with Crippen LogP contribution in [0.3, 0.4) is 0 Å². The Bertz CT molecular complexity index is 1570. The molecule has 0 aliphatic rings. The van der Waals surface area contributed by atoms with E-state index in [0.717, 1.165) is 96.3 Å². The maximum Gasteiger partial charge on any atom is 0.472 e. The minimum absolute atomic E-state index is 0.141. The second-order valence-corrected chi connectivity index (χ2v) is 23.7. The lowest BCUT2D eigenvalue weighted by molar-refractivity contribution is -0.161. The second kappa shape index (κ2) is 62.2. The fourth-order valence-corrected chi connectivity index (χ4v) is 10.2. The Hall–Kier alpha value is -2.82. The molecule has 0 aromatic rings. The number of allylic oxidation sites excluding steroid dienone is 10. The van der Waals surface area contributed by atoms with Gasteiger partial charge in [-0.3, -0.25) is 23.4 Å². The Labute approximate surface area is 491 Å². The lowest BCUT2D eigenvalue weighted by Gasteiger charge is -2.21. The van der Waals surface area contributed by atoms with Gasteiger partial charge in [-0.15, -0.1) is 0 Å². The predicted octanol–water partition coefficient (Wildman–Crippen LogP) is 20.3. The number of phosphoric ester groups is 1. The summed E-state index contributed by atoms with van der Waals surface area (Å²) in [5.74, 6) is -1.48. The van der Waals surface area contributed by atoms with Gasteiger partial charge in [0.2, 0.25) is 0 Å². The highest BCUT2D eigenvalue weighted by atomic mass is 31.2. The first-order valence-corrected chi connectivity index (χ1v) is 34.7. The molecule has 0 saturated heterocycles. The molecule has 0 rings (SSSR count). The zero-order valence-electron chi connectivity index (χ0n) is 51.8. The zero-order chi connectivity index (χ0) is 58.3. The van der Waals surface area contributed by atoms with Crippen LogP contribution in [0.2, 0.25) is 0 Å². The summed E-state index contributed by atoms with van der Waals surface area (Å²) in [5, 5.41) is 9.86. The normalized spacial score (nSPS) is 13.6. The molecule has 0 saturated carbocycles. The summed E-state index contributed by atoms with van der Waals surface area (Å²) in [4.78, 5) is 48.8. The van der Waals surface area contributed by atoms with Crippen LogP contribution in [0.5, 0.6) is 0 Å². The van der Waals surface area contributed by atoms with Crippen molar-refractivity contribution in [2.24, 2.45) is 0 Å². The fourth-order valence-electron chi connectivity index (χ4n) is 9.40. The molecule has 0 spiro atoms. The molecule has 3 unspecified atom stereocenters. The Morgan fingerprint density at radius 2 is 0.650 bits per heavy atom. The van der Waals surface area contributed by atoms with E-state index in [9.17, 15) is 28.9 Å². The third kappa shape index (κ3) is 59.8. The maximum atomic E-state index is 13.0. The molecule has 0 bridgehead atoms. The van der Waals surface area contributed by atoms with Crippen LogP contribution in [0, 0.1) is 0 Å². The number of carbonyl (C=O) groups excluding carboxylic acids is 3. The quantitative estimate of drug-likeness (QED) is 0.0197. The molecule has 2 N–H and O–H groups in total. The van der Waals surface area contributed by atoms with E-state index in [1.54, 1.807) is 0 Å². The van der Waals surface area contributed by atoms with Crippen LogP contribution in [0.4, 0.5) is 0 Å². The van der Waals surface area contributed by atoms with Crippen molar-refractivity contribution in [3.63, 3.8) is 0 Å². The summed E-state index contributed by atoms with van der Waals surface area (Å²) in [6, 6.07) is 0. The number of aliphatic hydroxyl groups is 1. The highest BCUT2D eigenvalue weighted by Gasteiger charge is 2.28. The van der Waals surface area contributed by atoms with Crippen molar-refractivity contribution in [2.45, 2.75) is 328 Å². The Morgan fingerprint density at radius 3 is 1.01 bits per heavy atom. The number of rotatable bonds is 62. The first-order valence-electron chi connectivity index (χ1n) is 33.2. The largest absolute Gasteiger partial charge is 0.472 e. The minimum Gasteiger partial charge on any atom is -0.462 e. The van der Waals surface area contributed by atoms with Gasteiger partial charge in [0, 0.05) is 19.3 Å². The molecule has 80 heavy (non-hydrogen) atoms. The predicted molar refractivity (Wildman–Crippen MR) is 335 cm³/mol. The van der Waals surface area contributed by atoms with Gasteiger partial charge in [0.05, 0.1) is 19.8 Å². The Kier molecular flexibility index (Phi) is 60.0. The number of ether oxygens (including phenoxy) is 3. The summed E-state index contributed by atoms with van der Waals surface area (Å²) in [5.41, 5.74) is 0. The highest BCUT2D eigenvalue weighted by molar-refractivity contribution is 7.47. The summed E-state index contributed by atoms with van der Waals surface area (Å²) in [6.45, 7) is 4.56. The Balaban J connectivity index is 4.69. The van der Waals surface area contributed by atoms with Gasteiger partial charge in [-0.25, -0.2) is 4.57 Å². The van der Waals surface area contributed by atoms with Crippen LogP contribution in [0.15, 0.2) is 60.8 Å². The van der Waals surface area contributed by atoms with Gasteiger partial charge in [-0.05, 0) is 83.5 Å². The maximum absolute atomic E-state index is 13.0. The standard InChI is InChI=1S/C68H123O11P/c1-4-7-10-13-16-19-22-25-28-31-32-35-36-39-42-45-48-51-54-57-66(70)75-61-65(79-68(72)59-56-53-50-47-44-41-38-34-30-27-24-21-18-15-12-9-6-3)63-77-80(73,74)76-62-64(60-69)78-67(71)58-55-52-49-46-43-40-37-33-29-26-23-20-17-14-11-8-5-2/h9,12,18,21,26-27,29-30,38,41,64-65,69H,4-8,10-11,13-17,19-20,22-25,28,31-37,39-40,42-63H2,1-3H3,(H,73,74)/b12-9-,21-18-,29-26-,30-27-,41-38-. The number of aliphatic hydroxyl groups excluding tert-OH is 1. The van der Waals surface area contributed by atoms with Crippen molar-refractivity contribution in [1.29, 1.82) is 0 Å². The smallest absolute Gasteiger partial charge is 0.462 e. The fraction of sp³-hybridized carbons (Fsp3) is 0.809. The number of carbonyl (C=O) groups is 3. The van der Waals surface area contributed by atoms with Crippen LogP contribution >= 0.6 is 7.82 Å². The van der Waals surface area contributed by atoms with Crippen molar-refractivity contribution in [1.82, 2.24) is 0 Å². The third-order valence-corrected chi connectivity index (χ3v) is 15.4. The third-order valence-electron chi connectivity index (χ3n) is 14.4. The molecule has 12 heteroatoms. The minimum atomic E-state index is -4.76. The monoisotopic (exact) mass is 1150 g/mol. The lowest BCUT2D eigenvalue weighted by atomic mass is 10.0. The van der Waals surface area contributed by atoms with Gasteiger partial charge in [0.1, 0.15) is 12.7 Å². The molecular weight excluding hydrogens is 1020 g/mol. The van der Waals surface area contributed by atoms with Crippen molar-refractivity contribution < 1.29 is 52.2 Å². The van der Waals surface area contributed by atoms with Crippen LogP contribution < -0.4 is 0 Å². The molecule has 3 atom stereocenters. The number of unbranched alkanes of at least 4 members (excludes halogenated alkanes) is 35. The van der Waals surface area contributed by atoms with Gasteiger partial charge in [0.25, 0.3) is 0 Å². The van der Waals surface area contributed by atoms with E-state index in [0.29, 0.717) is 19.3 Å². The molecule has 466 valence electrons. The van der Waals surface area contributed by atoms with Crippen LogP contribution in [0.25, 0.3) is 0 Å². The van der Waals surface area contributed by atoms with Gasteiger partial charge in [0.15, 0.2) is 6.10 Å². The molecule has 0 radical (unpaired) electrons. The van der Waals surface area contributed by atoms with E-state index in [-0.39, 0.29) is 25.9 Å². The van der Waals surface area contributed by atoms with Gasteiger partial charge in [-0.1, -0.05) is 274 Å². The van der Waals surface area contributed by atoms with Crippen molar-refractivity contribution in [3.8, 4) is 0 Å². The molecule has 0 heterocycles. The first-order chi connectivity index (χ1) is 39.2. The number of hydrogen-bond donors (Lipinski definition) is 2. The van der Waals surface area contributed by atoms with Crippen LogP contribution in [-0.2, 0) is 42.2 Å². The Morgan fingerprint density at radius 1 is 0.362 bits per heavy atom. The number of phosphoric acid groups is 1. The second-order valence-electron chi connectivity index (χ2n) is 22.3. The number of hydrogen-bond acceptors (Lipinski definition) is 10. The average molecular weight is 1150 g/mol. The van der Waals surface area contributed by atoms with E-state index >= 15 is 0 Å². The van der Waals surface area contributed by atoms with Crippen molar-refractivity contribution in [3.05, 3.63) is 60.8 Å². The van der Waals surface area contributed by atoms with E-state index in [4.69, 9.17) is 23.3 Å². The molecule has 0 fully saturated rings.